The molecule has 0 saturated carbocycles. The van der Waals surface area contributed by atoms with Gasteiger partial charge in [0.05, 0.1) is 7.11 Å². The maximum atomic E-state index is 5.68. The Morgan fingerprint density at radius 3 is 2.75 bits per heavy atom. The van der Waals surface area contributed by atoms with E-state index in [1.807, 2.05) is 18.2 Å². The summed E-state index contributed by atoms with van der Waals surface area (Å²) in [7, 11) is 1.65. The van der Waals surface area contributed by atoms with Gasteiger partial charge in [0.15, 0.2) is 0 Å². The molecule has 1 aromatic rings. The number of nitrogen functional groups attached to an aromatic ring is 1. The van der Waals surface area contributed by atoms with E-state index in [9.17, 15) is 0 Å². The zero-order valence-corrected chi connectivity index (χ0v) is 8.15. The molecule has 0 fully saturated rings. The minimum absolute atomic E-state index is 0.762. The number of benzene rings is 1. The Bertz CT molecular complexity index is 263. The molecule has 0 atom stereocenters. The summed E-state index contributed by atoms with van der Waals surface area (Å²) in [4.78, 5) is 0. The van der Waals surface area contributed by atoms with Gasteiger partial charge >= 0.3 is 0 Å². The molecule has 2 nitrogen and oxygen atoms in total. The zero-order valence-electron chi connectivity index (χ0n) is 7.33. The second kappa shape index (κ2) is 4.26. The first-order valence-electron chi connectivity index (χ1n) is 3.68. The summed E-state index contributed by atoms with van der Waals surface area (Å²) < 4.78 is 5.09. The quantitative estimate of drug-likeness (QED) is 0.729. The van der Waals surface area contributed by atoms with Crippen molar-refractivity contribution < 1.29 is 4.74 Å². The Balaban J connectivity index is 2.90. The summed E-state index contributed by atoms with van der Waals surface area (Å²) in [5.74, 6) is 1.81. The van der Waals surface area contributed by atoms with Crippen LogP contribution in [0.15, 0.2) is 18.2 Å². The first kappa shape index (κ1) is 9.26. The molecule has 1 rings (SSSR count). The number of hydrogen-bond acceptors (Lipinski definition) is 3. The van der Waals surface area contributed by atoms with E-state index in [1.54, 1.807) is 18.9 Å². The molecule has 0 radical (unpaired) electrons. The van der Waals surface area contributed by atoms with Crippen molar-refractivity contribution in [3.8, 4) is 5.75 Å². The first-order chi connectivity index (χ1) is 5.76. The van der Waals surface area contributed by atoms with E-state index in [1.165, 1.54) is 5.56 Å². The number of hydrogen-bond donors (Lipinski definition) is 1. The van der Waals surface area contributed by atoms with Crippen LogP contribution in [-0.2, 0) is 5.75 Å². The van der Waals surface area contributed by atoms with Crippen LogP contribution in [0.5, 0.6) is 5.75 Å². The molecular formula is C9H13NOS. The molecule has 0 saturated heterocycles. The van der Waals surface area contributed by atoms with Gasteiger partial charge in [0.25, 0.3) is 0 Å². The maximum Gasteiger partial charge on any atom is 0.121 e. The van der Waals surface area contributed by atoms with Gasteiger partial charge in [0.1, 0.15) is 5.75 Å². The molecule has 0 spiro atoms. The van der Waals surface area contributed by atoms with Gasteiger partial charge in [-0.25, -0.2) is 0 Å². The Hall–Kier alpha value is -0.830. The number of thioether (sulfide) groups is 1. The van der Waals surface area contributed by atoms with Crippen LogP contribution in [0.1, 0.15) is 5.56 Å². The molecule has 0 amide bonds. The van der Waals surface area contributed by atoms with E-state index in [-0.39, 0.29) is 0 Å². The molecule has 66 valence electrons. The minimum Gasteiger partial charge on any atom is -0.497 e. The van der Waals surface area contributed by atoms with Gasteiger partial charge in [-0.1, -0.05) is 0 Å². The van der Waals surface area contributed by atoms with Crippen LogP contribution in [-0.4, -0.2) is 13.4 Å². The summed E-state index contributed by atoms with van der Waals surface area (Å²) in [6.45, 7) is 0. The summed E-state index contributed by atoms with van der Waals surface area (Å²) in [6, 6.07) is 5.80. The number of methoxy groups -OCH3 is 1. The highest BCUT2D eigenvalue weighted by atomic mass is 32.2. The maximum absolute atomic E-state index is 5.68. The average molecular weight is 183 g/mol. The van der Waals surface area contributed by atoms with E-state index in [0.29, 0.717) is 0 Å². The highest BCUT2D eigenvalue weighted by Gasteiger charge is 1.97. The molecule has 0 aliphatic carbocycles. The fourth-order valence-corrected chi connectivity index (χ4v) is 1.55. The van der Waals surface area contributed by atoms with Crippen LogP contribution < -0.4 is 10.5 Å². The third-order valence-corrected chi connectivity index (χ3v) is 2.16. The van der Waals surface area contributed by atoms with Crippen LogP contribution in [0.25, 0.3) is 0 Å². The van der Waals surface area contributed by atoms with Crippen molar-refractivity contribution in [2.45, 2.75) is 5.75 Å². The molecule has 0 bridgehead atoms. The monoisotopic (exact) mass is 183 g/mol. The summed E-state index contributed by atoms with van der Waals surface area (Å²) in [6.07, 6.45) is 2.07. The third kappa shape index (κ3) is 2.34. The van der Waals surface area contributed by atoms with Gasteiger partial charge in [-0.15, -0.1) is 0 Å². The van der Waals surface area contributed by atoms with Crippen molar-refractivity contribution in [2.75, 3.05) is 19.1 Å². The highest BCUT2D eigenvalue weighted by molar-refractivity contribution is 7.97. The van der Waals surface area contributed by atoms with Gasteiger partial charge in [-0.3, -0.25) is 0 Å². The molecule has 0 aromatic heterocycles. The van der Waals surface area contributed by atoms with Crippen LogP contribution >= 0.6 is 11.8 Å². The topological polar surface area (TPSA) is 35.2 Å². The third-order valence-electron chi connectivity index (χ3n) is 1.54. The van der Waals surface area contributed by atoms with Crippen molar-refractivity contribution in [2.24, 2.45) is 0 Å². The van der Waals surface area contributed by atoms with Gasteiger partial charge in [-0.2, -0.15) is 11.8 Å². The molecule has 0 aliphatic heterocycles. The molecular weight excluding hydrogens is 170 g/mol. The number of rotatable bonds is 3. The van der Waals surface area contributed by atoms with Crippen molar-refractivity contribution >= 4 is 17.4 Å². The van der Waals surface area contributed by atoms with Gasteiger partial charge in [0, 0.05) is 17.5 Å². The lowest BCUT2D eigenvalue weighted by Gasteiger charge is -2.04. The predicted octanol–water partition coefficient (Wildman–Crippen LogP) is 2.14. The van der Waals surface area contributed by atoms with E-state index >= 15 is 0 Å². The van der Waals surface area contributed by atoms with E-state index in [0.717, 1.165) is 17.2 Å². The lowest BCUT2D eigenvalue weighted by Crippen LogP contribution is -1.91. The number of nitrogens with two attached hydrogens (primary N) is 1. The SMILES string of the molecule is COc1cc(N)cc(CSC)c1. The molecule has 2 N–H and O–H groups in total. The summed E-state index contributed by atoms with van der Waals surface area (Å²) in [5.41, 5.74) is 7.65. The molecule has 0 aliphatic rings. The predicted molar refractivity (Wildman–Crippen MR) is 54.6 cm³/mol. The van der Waals surface area contributed by atoms with Crippen LogP contribution in [0.4, 0.5) is 5.69 Å². The van der Waals surface area contributed by atoms with Gasteiger partial charge in [0.2, 0.25) is 0 Å². The number of anilines is 1. The molecule has 1 aromatic carbocycles. The second-order valence-corrected chi connectivity index (χ2v) is 3.41. The summed E-state index contributed by atoms with van der Waals surface area (Å²) >= 11 is 1.77. The van der Waals surface area contributed by atoms with Gasteiger partial charge in [-0.05, 0) is 24.0 Å². The fourth-order valence-electron chi connectivity index (χ4n) is 1.05. The largest absolute Gasteiger partial charge is 0.497 e. The highest BCUT2D eigenvalue weighted by Crippen LogP contribution is 2.20. The van der Waals surface area contributed by atoms with Crippen LogP contribution in [0, 0.1) is 0 Å². The Morgan fingerprint density at radius 2 is 2.17 bits per heavy atom. The van der Waals surface area contributed by atoms with Crippen LogP contribution in [0.3, 0.4) is 0 Å². The second-order valence-electron chi connectivity index (χ2n) is 2.55. The normalized spacial score (nSPS) is 9.83. The Kier molecular flexibility index (Phi) is 3.29. The van der Waals surface area contributed by atoms with Crippen molar-refractivity contribution in [3.63, 3.8) is 0 Å². The molecule has 12 heavy (non-hydrogen) atoms. The summed E-state index contributed by atoms with van der Waals surface area (Å²) in [5, 5.41) is 0. The molecule has 0 unspecified atom stereocenters. The van der Waals surface area contributed by atoms with Crippen LogP contribution in [0.2, 0.25) is 0 Å². The standard InChI is InChI=1S/C9H13NOS/c1-11-9-4-7(6-12-2)3-8(10)5-9/h3-5H,6,10H2,1-2H3. The Morgan fingerprint density at radius 1 is 1.42 bits per heavy atom. The molecule has 3 heteroatoms. The average Bonchev–Trinajstić information content (AvgIpc) is 2.04. The lowest BCUT2D eigenvalue weighted by molar-refractivity contribution is 0.414. The lowest BCUT2D eigenvalue weighted by atomic mass is 10.2. The minimum atomic E-state index is 0.762. The smallest absolute Gasteiger partial charge is 0.121 e. The first-order valence-corrected chi connectivity index (χ1v) is 5.08. The van der Waals surface area contributed by atoms with Crippen molar-refractivity contribution in [1.29, 1.82) is 0 Å². The number of ether oxygens (including phenoxy) is 1. The van der Waals surface area contributed by atoms with Crippen molar-refractivity contribution in [3.05, 3.63) is 23.8 Å². The van der Waals surface area contributed by atoms with E-state index in [4.69, 9.17) is 10.5 Å². The van der Waals surface area contributed by atoms with E-state index < -0.39 is 0 Å². The molecule has 0 heterocycles. The zero-order chi connectivity index (χ0) is 8.97. The van der Waals surface area contributed by atoms with Crippen molar-refractivity contribution in [1.82, 2.24) is 0 Å². The Labute approximate surface area is 77.1 Å². The van der Waals surface area contributed by atoms with E-state index in [2.05, 4.69) is 6.26 Å². The fraction of sp³-hybridized carbons (Fsp3) is 0.333. The van der Waals surface area contributed by atoms with Gasteiger partial charge < -0.3 is 10.5 Å².